The summed E-state index contributed by atoms with van der Waals surface area (Å²) in [7, 11) is -4.07. The van der Waals surface area contributed by atoms with Crippen LogP contribution in [0.3, 0.4) is 0 Å². The Kier molecular flexibility index (Phi) is 11.4. The fourth-order valence-electron chi connectivity index (χ4n) is 8.94. The molecule has 340 valence electrons. The minimum Gasteiger partial charge on any atom is -0.470 e. The average molecular weight is 907 g/mol. The smallest absolute Gasteiger partial charge is 0.416 e. The highest BCUT2D eigenvalue weighted by Crippen LogP contribution is 2.48. The highest BCUT2D eigenvalue weighted by Gasteiger charge is 2.63. The number of rotatable bonds is 8. The average Bonchev–Trinajstić information content (AvgIpc) is 4.10. The molecule has 15 nitrogen and oxygen atoms in total. The number of halogens is 3. The van der Waals surface area contributed by atoms with Gasteiger partial charge >= 0.3 is 6.18 Å². The van der Waals surface area contributed by atoms with Crippen molar-refractivity contribution in [2.24, 2.45) is 11.8 Å². The zero-order valence-electron chi connectivity index (χ0n) is 35.1. The molecular weight excluding hydrogens is 858 g/mol. The lowest BCUT2D eigenvalue weighted by Crippen LogP contribution is -2.59. The Balaban J connectivity index is 1.06. The molecule has 2 aromatic carbocycles. The maximum atomic E-state index is 14.9. The third kappa shape index (κ3) is 8.55. The van der Waals surface area contributed by atoms with Crippen molar-refractivity contribution in [1.29, 1.82) is 0 Å². The number of allylic oxidation sites excluding steroid dienone is 1. The fourth-order valence-corrected chi connectivity index (χ4v) is 10.2. The molecule has 9 rings (SSSR count). The SMILES string of the molecule is CC1(S(=O)(=O)NC(=O)[C@@]23C[C@H]2/C=C\CCCCC[C@H](NC(=O)C2CCOCC2)C(=O)N2C[C@H](Oc4nc(-c5ccc(C(F)(F)F)cc5)nc5c4oc4ccccc45)C[C@H]2C(=O)N3)CC1. The zero-order valence-corrected chi connectivity index (χ0v) is 35.9. The minimum absolute atomic E-state index is 0.0381. The number of carbonyl (C=O) groups excluding carboxylic acids is 4. The first kappa shape index (κ1) is 43.7. The summed E-state index contributed by atoms with van der Waals surface area (Å²) in [6.45, 7) is 2.21. The van der Waals surface area contributed by atoms with Crippen LogP contribution in [0.4, 0.5) is 13.2 Å². The number of fused-ring (bicyclic) bond motifs is 5. The molecule has 0 bridgehead atoms. The van der Waals surface area contributed by atoms with Crippen LogP contribution in [0.25, 0.3) is 33.5 Å². The maximum Gasteiger partial charge on any atom is 0.416 e. The van der Waals surface area contributed by atoms with Crippen molar-refractivity contribution in [3.8, 4) is 17.3 Å². The van der Waals surface area contributed by atoms with Crippen LogP contribution in [0.15, 0.2) is 65.1 Å². The summed E-state index contributed by atoms with van der Waals surface area (Å²) < 4.78 is 86.4. The molecule has 4 aromatic rings. The van der Waals surface area contributed by atoms with E-state index in [0.717, 1.165) is 25.0 Å². The number of nitrogens with zero attached hydrogens (tertiary/aromatic N) is 3. The lowest BCUT2D eigenvalue weighted by atomic mass is 9.98. The number of hydrogen-bond donors (Lipinski definition) is 3. The van der Waals surface area contributed by atoms with E-state index in [0.29, 0.717) is 74.6 Å². The van der Waals surface area contributed by atoms with Crippen molar-refractivity contribution in [2.75, 3.05) is 19.8 Å². The number of nitrogens with one attached hydrogen (secondary N) is 3. The third-order valence-electron chi connectivity index (χ3n) is 13.3. The van der Waals surface area contributed by atoms with Gasteiger partial charge in [0.05, 0.1) is 16.9 Å². The molecule has 3 aliphatic heterocycles. The Morgan fingerprint density at radius 3 is 2.47 bits per heavy atom. The largest absolute Gasteiger partial charge is 0.470 e. The van der Waals surface area contributed by atoms with E-state index in [-0.39, 0.29) is 54.1 Å². The van der Waals surface area contributed by atoms with Gasteiger partial charge in [-0.2, -0.15) is 18.2 Å². The van der Waals surface area contributed by atoms with E-state index in [1.165, 1.54) is 17.0 Å². The number of ether oxygens (including phenoxy) is 2. The van der Waals surface area contributed by atoms with Gasteiger partial charge < -0.3 is 29.4 Å². The van der Waals surface area contributed by atoms with Crippen LogP contribution in [-0.4, -0.2) is 95.1 Å². The molecule has 2 aliphatic carbocycles. The summed E-state index contributed by atoms with van der Waals surface area (Å²) in [6, 6.07) is 9.11. The van der Waals surface area contributed by atoms with Crippen LogP contribution in [0.5, 0.6) is 5.88 Å². The quantitative estimate of drug-likeness (QED) is 0.183. The second-order valence-electron chi connectivity index (χ2n) is 17.9. The summed E-state index contributed by atoms with van der Waals surface area (Å²) in [5.74, 6) is -3.31. The molecular formula is C45H49F3N6O9S. The van der Waals surface area contributed by atoms with E-state index in [9.17, 15) is 40.8 Å². The maximum absolute atomic E-state index is 14.9. The predicted octanol–water partition coefficient (Wildman–Crippen LogP) is 5.72. The standard InChI is InChI=1S/C45H49F3N6O9S/c1-43(19-20-43)64(59,60)53-42(58)44-24-29(44)9-5-3-2-4-6-11-32(49-38(55)27-17-21-61-22-18-27)41(57)54-25-30(23-33(54)39(56)52-44)62-40-36-35(31-10-7-8-12-34(31)63-36)50-37(51-40)26-13-15-28(16-14-26)45(46,47)48/h5,7-10,12-16,27,29-30,32-33H,2-4,6,11,17-25H2,1H3,(H,49,55)(H,52,56)(H,53,58)/b9-5-/t29-,30-,32+,33+,44-/m1/s1. The summed E-state index contributed by atoms with van der Waals surface area (Å²) in [4.78, 5) is 67.8. The van der Waals surface area contributed by atoms with E-state index >= 15 is 0 Å². The molecule has 2 saturated heterocycles. The molecule has 0 unspecified atom stereocenters. The number of alkyl halides is 3. The molecule has 5 aliphatic rings. The summed E-state index contributed by atoms with van der Waals surface area (Å²) in [6.07, 6.45) is 3.05. The second-order valence-corrected chi connectivity index (χ2v) is 20.1. The summed E-state index contributed by atoms with van der Waals surface area (Å²) >= 11 is 0. The molecule has 4 amide bonds. The number of carbonyl (C=O) groups is 4. The van der Waals surface area contributed by atoms with E-state index in [4.69, 9.17) is 13.9 Å². The molecule has 3 N–H and O–H groups in total. The van der Waals surface area contributed by atoms with Gasteiger partial charge in [-0.05, 0) is 82.6 Å². The Morgan fingerprint density at radius 1 is 0.984 bits per heavy atom. The van der Waals surface area contributed by atoms with E-state index in [1.807, 2.05) is 12.2 Å². The van der Waals surface area contributed by atoms with Crippen molar-refractivity contribution in [1.82, 2.24) is 30.2 Å². The molecule has 2 saturated carbocycles. The normalized spacial score (nSPS) is 27.1. The molecule has 5 heterocycles. The van der Waals surface area contributed by atoms with Gasteiger partial charge in [0.25, 0.3) is 11.8 Å². The fraction of sp³-hybridized carbons (Fsp3) is 0.511. The number of benzene rings is 2. The molecule has 4 fully saturated rings. The van der Waals surface area contributed by atoms with Crippen LogP contribution in [-0.2, 0) is 40.1 Å². The molecule has 0 radical (unpaired) electrons. The topological polar surface area (TPSA) is 199 Å². The Bertz CT molecular complexity index is 2630. The number of amides is 4. The Labute approximate surface area is 366 Å². The lowest BCUT2D eigenvalue weighted by molar-refractivity contribution is -0.143. The highest BCUT2D eigenvalue weighted by molar-refractivity contribution is 7.91. The van der Waals surface area contributed by atoms with Gasteiger partial charge in [-0.3, -0.25) is 23.9 Å². The van der Waals surface area contributed by atoms with Crippen LogP contribution in [0, 0.1) is 11.8 Å². The monoisotopic (exact) mass is 906 g/mol. The van der Waals surface area contributed by atoms with Gasteiger partial charge in [0.15, 0.2) is 5.82 Å². The van der Waals surface area contributed by atoms with Gasteiger partial charge in [0.2, 0.25) is 33.3 Å². The predicted molar refractivity (Wildman–Crippen MR) is 226 cm³/mol. The van der Waals surface area contributed by atoms with Crippen LogP contribution >= 0.6 is 0 Å². The minimum atomic E-state index is -4.57. The number of sulfonamides is 1. The molecule has 64 heavy (non-hydrogen) atoms. The van der Waals surface area contributed by atoms with Crippen LogP contribution < -0.4 is 20.1 Å². The van der Waals surface area contributed by atoms with Crippen LogP contribution in [0.2, 0.25) is 0 Å². The van der Waals surface area contributed by atoms with Gasteiger partial charge in [0.1, 0.15) is 34.8 Å². The number of furan rings is 1. The first-order chi connectivity index (χ1) is 30.5. The van der Waals surface area contributed by atoms with E-state index in [1.54, 1.807) is 31.2 Å². The Morgan fingerprint density at radius 2 is 1.73 bits per heavy atom. The Hall–Kier alpha value is -5.56. The molecule has 2 aromatic heterocycles. The molecule has 19 heteroatoms. The second kappa shape index (κ2) is 16.8. The molecule has 5 atom stereocenters. The zero-order chi connectivity index (χ0) is 45.0. The third-order valence-corrected chi connectivity index (χ3v) is 15.5. The van der Waals surface area contributed by atoms with Gasteiger partial charge in [-0.25, -0.2) is 13.4 Å². The summed E-state index contributed by atoms with van der Waals surface area (Å²) in [5.41, 5.74) is -1.31. The van der Waals surface area contributed by atoms with E-state index in [2.05, 4.69) is 25.3 Å². The number of aromatic nitrogens is 2. The number of hydrogen-bond acceptors (Lipinski definition) is 11. The van der Waals surface area contributed by atoms with Gasteiger partial charge in [0, 0.05) is 42.4 Å². The van der Waals surface area contributed by atoms with Gasteiger partial charge in [-0.15, -0.1) is 0 Å². The highest BCUT2D eigenvalue weighted by atomic mass is 32.2. The van der Waals surface area contributed by atoms with Gasteiger partial charge in [-0.1, -0.05) is 49.3 Å². The number of para-hydroxylation sites is 1. The lowest BCUT2D eigenvalue weighted by Gasteiger charge is -2.31. The van der Waals surface area contributed by atoms with Crippen molar-refractivity contribution in [3.05, 3.63) is 66.2 Å². The van der Waals surface area contributed by atoms with Crippen molar-refractivity contribution in [3.63, 3.8) is 0 Å². The first-order valence-electron chi connectivity index (χ1n) is 21.8. The van der Waals surface area contributed by atoms with Crippen molar-refractivity contribution in [2.45, 2.75) is 112 Å². The molecule has 0 spiro atoms. The van der Waals surface area contributed by atoms with Crippen LogP contribution in [0.1, 0.15) is 83.1 Å². The first-order valence-corrected chi connectivity index (χ1v) is 23.3. The van der Waals surface area contributed by atoms with Crippen molar-refractivity contribution < 1.29 is 54.7 Å². The summed E-state index contributed by atoms with van der Waals surface area (Å²) in [5, 5.41) is 6.43. The van der Waals surface area contributed by atoms with E-state index < -0.39 is 73.9 Å². The van der Waals surface area contributed by atoms with Crippen molar-refractivity contribution >= 4 is 55.7 Å².